The molecule has 2 heterocycles. The molecule has 0 spiro atoms. The zero-order valence-electron chi connectivity index (χ0n) is 12.5. The second-order valence-corrected chi connectivity index (χ2v) is 6.08. The second kappa shape index (κ2) is 6.36. The van der Waals surface area contributed by atoms with E-state index in [1.165, 1.54) is 11.3 Å². The molecule has 0 fully saturated rings. The number of nitrogens with zero attached hydrogens (tertiary/aromatic N) is 2. The monoisotopic (exact) mass is 318 g/mol. The third-order valence-corrected chi connectivity index (χ3v) is 4.49. The van der Waals surface area contributed by atoms with Crippen molar-refractivity contribution in [2.24, 2.45) is 4.99 Å². The summed E-state index contributed by atoms with van der Waals surface area (Å²) in [6.07, 6.45) is 4.14. The first-order valence-corrected chi connectivity index (χ1v) is 8.16. The predicted octanol–water partition coefficient (Wildman–Crippen LogP) is 3.24. The lowest BCUT2D eigenvalue weighted by Gasteiger charge is -2.02. The van der Waals surface area contributed by atoms with E-state index >= 15 is 0 Å². The van der Waals surface area contributed by atoms with Crippen LogP contribution in [0.2, 0.25) is 0 Å². The lowest BCUT2D eigenvalue weighted by atomic mass is 10.2. The Morgan fingerprint density at radius 3 is 2.95 bits per heavy atom. The SMILES string of the molecule is C=CCn1c(=NC(=O)CCCC)sc2cc3c(cc21)OCO3. The molecule has 116 valence electrons. The molecule has 0 saturated carbocycles. The van der Waals surface area contributed by atoms with Crippen molar-refractivity contribution in [3.05, 3.63) is 29.6 Å². The predicted molar refractivity (Wildman–Crippen MR) is 86.2 cm³/mol. The smallest absolute Gasteiger partial charge is 0.248 e. The van der Waals surface area contributed by atoms with Crippen molar-refractivity contribution in [2.75, 3.05) is 6.79 Å². The summed E-state index contributed by atoms with van der Waals surface area (Å²) < 4.78 is 13.8. The average molecular weight is 318 g/mol. The number of hydrogen-bond acceptors (Lipinski definition) is 4. The zero-order valence-corrected chi connectivity index (χ0v) is 13.3. The van der Waals surface area contributed by atoms with Crippen molar-refractivity contribution in [3.8, 4) is 11.5 Å². The topological polar surface area (TPSA) is 52.8 Å². The molecule has 5 nitrogen and oxygen atoms in total. The number of carbonyl (C=O) groups is 1. The Labute approximate surface area is 132 Å². The summed E-state index contributed by atoms with van der Waals surface area (Å²) >= 11 is 1.48. The average Bonchev–Trinajstić information content (AvgIpc) is 3.08. The molecule has 0 aliphatic carbocycles. The summed E-state index contributed by atoms with van der Waals surface area (Å²) in [5.41, 5.74) is 0.983. The Balaban J connectivity index is 2.09. The van der Waals surface area contributed by atoms with E-state index in [-0.39, 0.29) is 12.7 Å². The van der Waals surface area contributed by atoms with Crippen molar-refractivity contribution in [1.29, 1.82) is 0 Å². The molecule has 1 amide bonds. The van der Waals surface area contributed by atoms with Crippen LogP contribution in [0, 0.1) is 0 Å². The minimum absolute atomic E-state index is 0.0775. The Bertz CT molecular complexity index is 789. The number of carbonyl (C=O) groups excluding carboxylic acids is 1. The standard InChI is InChI=1S/C16H18N2O3S/c1-3-5-6-15(19)17-16-18(7-4-2)11-8-12-13(21-10-20-12)9-14(11)22-16/h4,8-9H,2-3,5-7,10H2,1H3. The van der Waals surface area contributed by atoms with Gasteiger partial charge in [0.15, 0.2) is 16.3 Å². The number of rotatable bonds is 5. The van der Waals surface area contributed by atoms with Crippen molar-refractivity contribution in [3.63, 3.8) is 0 Å². The van der Waals surface area contributed by atoms with Gasteiger partial charge in [-0.3, -0.25) is 4.79 Å². The van der Waals surface area contributed by atoms with Crippen LogP contribution in [-0.2, 0) is 11.3 Å². The third kappa shape index (κ3) is 2.78. The van der Waals surface area contributed by atoms with Crippen LogP contribution in [0.3, 0.4) is 0 Å². The summed E-state index contributed by atoms with van der Waals surface area (Å²) in [7, 11) is 0. The summed E-state index contributed by atoms with van der Waals surface area (Å²) in [5, 5.41) is 0. The quantitative estimate of drug-likeness (QED) is 0.795. The van der Waals surface area contributed by atoms with E-state index in [4.69, 9.17) is 9.47 Å². The molecule has 0 radical (unpaired) electrons. The van der Waals surface area contributed by atoms with E-state index in [1.807, 2.05) is 16.7 Å². The molecule has 1 aromatic heterocycles. The lowest BCUT2D eigenvalue weighted by molar-refractivity contribution is -0.118. The minimum Gasteiger partial charge on any atom is -0.454 e. The van der Waals surface area contributed by atoms with Crippen LogP contribution < -0.4 is 14.3 Å². The van der Waals surface area contributed by atoms with Crippen LogP contribution in [0.1, 0.15) is 26.2 Å². The number of benzene rings is 1. The maximum Gasteiger partial charge on any atom is 0.248 e. The van der Waals surface area contributed by atoms with E-state index < -0.39 is 0 Å². The van der Waals surface area contributed by atoms with E-state index in [2.05, 4.69) is 18.5 Å². The van der Waals surface area contributed by atoms with Gasteiger partial charge < -0.3 is 14.0 Å². The number of hydrogen-bond donors (Lipinski definition) is 0. The number of allylic oxidation sites excluding steroid dienone is 1. The molecule has 2 aromatic rings. The van der Waals surface area contributed by atoms with Crippen LogP contribution >= 0.6 is 11.3 Å². The van der Waals surface area contributed by atoms with Crippen LogP contribution in [0.5, 0.6) is 11.5 Å². The van der Waals surface area contributed by atoms with Gasteiger partial charge in [0.1, 0.15) is 0 Å². The number of amides is 1. The van der Waals surface area contributed by atoms with Gasteiger partial charge >= 0.3 is 0 Å². The van der Waals surface area contributed by atoms with E-state index in [1.54, 1.807) is 6.08 Å². The molecule has 0 atom stereocenters. The first kappa shape index (κ1) is 14.8. The number of thiazole rings is 1. The Morgan fingerprint density at radius 2 is 2.23 bits per heavy atom. The van der Waals surface area contributed by atoms with Crippen molar-refractivity contribution < 1.29 is 14.3 Å². The highest BCUT2D eigenvalue weighted by atomic mass is 32.1. The third-order valence-electron chi connectivity index (χ3n) is 3.45. The molecule has 0 unspecified atom stereocenters. The molecule has 1 aromatic carbocycles. The highest BCUT2D eigenvalue weighted by molar-refractivity contribution is 7.16. The maximum absolute atomic E-state index is 12.0. The summed E-state index contributed by atoms with van der Waals surface area (Å²) in [4.78, 5) is 16.9. The van der Waals surface area contributed by atoms with Gasteiger partial charge in [-0.1, -0.05) is 30.8 Å². The summed E-state index contributed by atoms with van der Waals surface area (Å²) in [5.74, 6) is 1.39. The molecule has 3 rings (SSSR count). The zero-order chi connectivity index (χ0) is 15.5. The van der Waals surface area contributed by atoms with Crippen LogP contribution in [-0.4, -0.2) is 17.3 Å². The molecular formula is C16H18N2O3S. The van der Waals surface area contributed by atoms with Crippen LogP contribution in [0.25, 0.3) is 10.2 Å². The van der Waals surface area contributed by atoms with Gasteiger partial charge in [0, 0.05) is 25.1 Å². The molecule has 6 heteroatoms. The highest BCUT2D eigenvalue weighted by Crippen LogP contribution is 2.36. The van der Waals surface area contributed by atoms with Crippen molar-refractivity contribution in [2.45, 2.75) is 32.7 Å². The Kier molecular flexibility index (Phi) is 4.29. The van der Waals surface area contributed by atoms with Crippen LogP contribution in [0.15, 0.2) is 29.8 Å². The molecule has 1 aliphatic heterocycles. The minimum atomic E-state index is -0.0775. The number of unbranched alkanes of at least 4 members (excludes halogenated alkanes) is 1. The van der Waals surface area contributed by atoms with E-state index in [0.29, 0.717) is 17.8 Å². The number of fused-ring (bicyclic) bond motifs is 2. The lowest BCUT2D eigenvalue weighted by Crippen LogP contribution is -2.16. The highest BCUT2D eigenvalue weighted by Gasteiger charge is 2.17. The first-order valence-electron chi connectivity index (χ1n) is 7.34. The molecule has 0 N–H and O–H groups in total. The van der Waals surface area contributed by atoms with Crippen molar-refractivity contribution >= 4 is 27.5 Å². The van der Waals surface area contributed by atoms with Gasteiger partial charge in [-0.15, -0.1) is 6.58 Å². The summed E-state index contributed by atoms with van der Waals surface area (Å²) in [6, 6.07) is 3.88. The Morgan fingerprint density at radius 1 is 1.45 bits per heavy atom. The van der Waals surface area contributed by atoms with Crippen LogP contribution in [0.4, 0.5) is 0 Å². The molecule has 22 heavy (non-hydrogen) atoms. The van der Waals surface area contributed by atoms with E-state index in [0.717, 1.165) is 34.6 Å². The maximum atomic E-state index is 12.0. The van der Waals surface area contributed by atoms with Gasteiger partial charge in [0.2, 0.25) is 12.7 Å². The molecule has 0 saturated heterocycles. The second-order valence-electron chi connectivity index (χ2n) is 5.07. The van der Waals surface area contributed by atoms with Gasteiger partial charge in [-0.05, 0) is 6.42 Å². The normalized spacial score (nSPS) is 13.8. The fraction of sp³-hybridized carbons (Fsp3) is 0.375. The molecule has 1 aliphatic rings. The van der Waals surface area contributed by atoms with E-state index in [9.17, 15) is 4.79 Å². The Hall–Kier alpha value is -2.08. The molecular weight excluding hydrogens is 300 g/mol. The van der Waals surface area contributed by atoms with Gasteiger partial charge in [-0.2, -0.15) is 4.99 Å². The number of aromatic nitrogens is 1. The first-order chi connectivity index (χ1) is 10.7. The summed E-state index contributed by atoms with van der Waals surface area (Å²) in [6.45, 7) is 6.70. The largest absolute Gasteiger partial charge is 0.454 e. The van der Waals surface area contributed by atoms with Gasteiger partial charge in [-0.25, -0.2) is 0 Å². The number of ether oxygens (including phenoxy) is 2. The fourth-order valence-corrected chi connectivity index (χ4v) is 3.41. The van der Waals surface area contributed by atoms with Gasteiger partial charge in [0.05, 0.1) is 10.2 Å². The fourth-order valence-electron chi connectivity index (χ4n) is 2.34. The van der Waals surface area contributed by atoms with Gasteiger partial charge in [0.25, 0.3) is 0 Å². The molecule has 0 bridgehead atoms. The van der Waals surface area contributed by atoms with Crippen molar-refractivity contribution in [1.82, 2.24) is 4.57 Å².